The molecule has 6 heteroatoms. The second-order valence-corrected chi connectivity index (χ2v) is 4.18. The summed E-state index contributed by atoms with van der Waals surface area (Å²) in [4.78, 5) is 32.2. The van der Waals surface area contributed by atoms with Crippen LogP contribution in [0, 0.1) is 0 Å². The van der Waals surface area contributed by atoms with Crippen LogP contribution in [0.15, 0.2) is 30.4 Å². The van der Waals surface area contributed by atoms with Crippen LogP contribution in [0.3, 0.4) is 0 Å². The van der Waals surface area contributed by atoms with Crippen molar-refractivity contribution in [3.05, 3.63) is 47.0 Å². The summed E-state index contributed by atoms with van der Waals surface area (Å²) in [5.41, 5.74) is 1.70. The Morgan fingerprint density at radius 3 is 2.40 bits per heavy atom. The first kappa shape index (κ1) is 15.6. The van der Waals surface area contributed by atoms with E-state index in [1.165, 1.54) is 6.92 Å². The molecule has 0 atom stereocenters. The number of hydrogen-bond acceptors (Lipinski definition) is 4. The Kier molecular flexibility index (Phi) is 5.16. The second kappa shape index (κ2) is 6.63. The van der Waals surface area contributed by atoms with Crippen LogP contribution >= 0.6 is 0 Å². The van der Waals surface area contributed by atoms with E-state index in [2.05, 4.69) is 11.9 Å². The minimum Gasteiger partial charge on any atom is -0.478 e. The molecular formula is C14H15NO5. The number of aliphatic hydroxyl groups is 1. The number of carbonyl (C=O) groups is 3. The maximum atomic E-state index is 11.4. The highest BCUT2D eigenvalue weighted by Gasteiger charge is 2.28. The lowest BCUT2D eigenvalue weighted by Gasteiger charge is -2.02. The van der Waals surface area contributed by atoms with Gasteiger partial charge in [0.1, 0.15) is 0 Å². The minimum atomic E-state index is -0.935. The molecule has 0 unspecified atom stereocenters. The highest BCUT2D eigenvalue weighted by molar-refractivity contribution is 6.22. The lowest BCUT2D eigenvalue weighted by atomic mass is 10.0. The SMILES string of the molecule is C=C(C)C(=O)O.O=C1NC(=O)c2c(CCO)cccc21. The third-order valence-corrected chi connectivity index (χ3v) is 2.60. The summed E-state index contributed by atoms with van der Waals surface area (Å²) >= 11 is 0. The molecule has 3 N–H and O–H groups in total. The molecule has 1 aliphatic heterocycles. The molecule has 2 rings (SSSR count). The monoisotopic (exact) mass is 277 g/mol. The van der Waals surface area contributed by atoms with E-state index in [-0.39, 0.29) is 24.0 Å². The van der Waals surface area contributed by atoms with Gasteiger partial charge in [0.15, 0.2) is 0 Å². The molecule has 0 bridgehead atoms. The summed E-state index contributed by atoms with van der Waals surface area (Å²) in [6.07, 6.45) is 0.393. The molecule has 20 heavy (non-hydrogen) atoms. The van der Waals surface area contributed by atoms with Gasteiger partial charge < -0.3 is 10.2 Å². The summed E-state index contributed by atoms with van der Waals surface area (Å²) in [5, 5.41) is 18.9. The van der Waals surface area contributed by atoms with Gasteiger partial charge in [0.2, 0.25) is 0 Å². The zero-order valence-corrected chi connectivity index (χ0v) is 11.0. The van der Waals surface area contributed by atoms with Crippen LogP contribution < -0.4 is 5.32 Å². The van der Waals surface area contributed by atoms with Crippen LogP contribution in [0.25, 0.3) is 0 Å². The number of carboxylic acids is 1. The summed E-state index contributed by atoms with van der Waals surface area (Å²) in [6.45, 7) is 4.57. The van der Waals surface area contributed by atoms with Crippen molar-refractivity contribution in [3.8, 4) is 0 Å². The average molecular weight is 277 g/mol. The molecule has 1 heterocycles. The molecule has 0 saturated carbocycles. The quantitative estimate of drug-likeness (QED) is 0.559. The normalized spacial score (nSPS) is 12.1. The third-order valence-electron chi connectivity index (χ3n) is 2.60. The van der Waals surface area contributed by atoms with Crippen molar-refractivity contribution >= 4 is 17.8 Å². The first-order chi connectivity index (χ1) is 9.38. The number of carbonyl (C=O) groups excluding carboxylic acids is 2. The number of fused-ring (bicyclic) bond motifs is 1. The summed E-state index contributed by atoms with van der Waals surface area (Å²) in [6, 6.07) is 5.06. The highest BCUT2D eigenvalue weighted by atomic mass is 16.4. The summed E-state index contributed by atoms with van der Waals surface area (Å²) in [5.74, 6) is -1.66. The molecule has 1 aliphatic rings. The fraction of sp³-hybridized carbons (Fsp3) is 0.214. The summed E-state index contributed by atoms with van der Waals surface area (Å²) in [7, 11) is 0. The van der Waals surface area contributed by atoms with E-state index in [1.54, 1.807) is 18.2 Å². The van der Waals surface area contributed by atoms with Crippen LogP contribution in [0.5, 0.6) is 0 Å². The van der Waals surface area contributed by atoms with Gasteiger partial charge in [0, 0.05) is 12.2 Å². The fourth-order valence-electron chi connectivity index (χ4n) is 1.62. The number of aliphatic hydroxyl groups excluding tert-OH is 1. The Morgan fingerprint density at radius 1 is 1.30 bits per heavy atom. The van der Waals surface area contributed by atoms with Crippen molar-refractivity contribution in [2.24, 2.45) is 0 Å². The second-order valence-electron chi connectivity index (χ2n) is 4.18. The van der Waals surface area contributed by atoms with Crippen molar-refractivity contribution in [3.63, 3.8) is 0 Å². The third kappa shape index (κ3) is 3.52. The van der Waals surface area contributed by atoms with Gasteiger partial charge in [0.25, 0.3) is 11.8 Å². The van der Waals surface area contributed by atoms with E-state index >= 15 is 0 Å². The van der Waals surface area contributed by atoms with Gasteiger partial charge in [-0.3, -0.25) is 14.9 Å². The van der Waals surface area contributed by atoms with E-state index in [4.69, 9.17) is 10.2 Å². The Hall–Kier alpha value is -2.47. The van der Waals surface area contributed by atoms with Crippen molar-refractivity contribution in [2.75, 3.05) is 6.61 Å². The van der Waals surface area contributed by atoms with Gasteiger partial charge >= 0.3 is 5.97 Å². The number of hydrogen-bond donors (Lipinski definition) is 3. The van der Waals surface area contributed by atoms with Crippen molar-refractivity contribution < 1.29 is 24.6 Å². The van der Waals surface area contributed by atoms with Gasteiger partial charge in [-0.1, -0.05) is 18.7 Å². The predicted molar refractivity (Wildman–Crippen MR) is 71.5 cm³/mol. The standard InChI is InChI=1S/C10H9NO3.C4H6O2/c12-5-4-6-2-1-3-7-8(6)10(14)11-9(7)13;1-3(2)4(5)6/h1-3,12H,4-5H2,(H,11,13,14);1H2,2H3,(H,5,6). The van der Waals surface area contributed by atoms with Crippen molar-refractivity contribution in [1.29, 1.82) is 0 Å². The number of amides is 2. The molecule has 106 valence electrons. The van der Waals surface area contributed by atoms with E-state index in [9.17, 15) is 14.4 Å². The highest BCUT2D eigenvalue weighted by Crippen LogP contribution is 2.20. The topological polar surface area (TPSA) is 104 Å². The van der Waals surface area contributed by atoms with Crippen molar-refractivity contribution in [2.45, 2.75) is 13.3 Å². The van der Waals surface area contributed by atoms with Gasteiger partial charge in [0.05, 0.1) is 11.1 Å². The zero-order valence-electron chi connectivity index (χ0n) is 11.0. The molecule has 1 aromatic rings. The maximum Gasteiger partial charge on any atom is 0.330 e. The molecule has 0 radical (unpaired) electrons. The Bertz CT molecular complexity index is 565. The molecule has 0 aromatic heterocycles. The molecular weight excluding hydrogens is 262 g/mol. The first-order valence-corrected chi connectivity index (χ1v) is 5.85. The number of benzene rings is 1. The van der Waals surface area contributed by atoms with Crippen LogP contribution in [0.1, 0.15) is 33.2 Å². The number of nitrogens with one attached hydrogen (secondary N) is 1. The van der Waals surface area contributed by atoms with Crippen LogP contribution in [0.2, 0.25) is 0 Å². The molecule has 2 amide bonds. The van der Waals surface area contributed by atoms with E-state index < -0.39 is 5.97 Å². The molecule has 6 nitrogen and oxygen atoms in total. The molecule has 0 fully saturated rings. The van der Waals surface area contributed by atoms with E-state index in [1.807, 2.05) is 0 Å². The molecule has 0 saturated heterocycles. The smallest absolute Gasteiger partial charge is 0.330 e. The number of rotatable bonds is 3. The molecule has 0 spiro atoms. The van der Waals surface area contributed by atoms with Crippen LogP contribution in [-0.4, -0.2) is 34.6 Å². The van der Waals surface area contributed by atoms with Gasteiger partial charge in [-0.2, -0.15) is 0 Å². The van der Waals surface area contributed by atoms with Gasteiger partial charge in [-0.15, -0.1) is 0 Å². The van der Waals surface area contributed by atoms with Gasteiger partial charge in [-0.25, -0.2) is 4.79 Å². The van der Waals surface area contributed by atoms with Crippen molar-refractivity contribution in [1.82, 2.24) is 5.32 Å². The minimum absolute atomic E-state index is 0.0298. The Balaban J connectivity index is 0.000000286. The lowest BCUT2D eigenvalue weighted by Crippen LogP contribution is -2.20. The fourth-order valence-corrected chi connectivity index (χ4v) is 1.62. The predicted octanol–water partition coefficient (Wildman–Crippen LogP) is 0.752. The maximum absolute atomic E-state index is 11.4. The zero-order chi connectivity index (χ0) is 15.3. The van der Waals surface area contributed by atoms with Crippen LogP contribution in [-0.2, 0) is 11.2 Å². The number of aliphatic carboxylic acids is 1. The number of carboxylic acid groups (broad SMARTS) is 1. The molecule has 0 aliphatic carbocycles. The molecule has 1 aromatic carbocycles. The van der Waals surface area contributed by atoms with Gasteiger partial charge in [-0.05, 0) is 25.0 Å². The first-order valence-electron chi connectivity index (χ1n) is 5.85. The lowest BCUT2D eigenvalue weighted by molar-refractivity contribution is -0.132. The Morgan fingerprint density at radius 2 is 1.90 bits per heavy atom. The average Bonchev–Trinajstić information content (AvgIpc) is 2.67. The van der Waals surface area contributed by atoms with E-state index in [0.717, 1.165) is 0 Å². The van der Waals surface area contributed by atoms with E-state index in [0.29, 0.717) is 23.1 Å². The largest absolute Gasteiger partial charge is 0.478 e. The Labute approximate surface area is 115 Å². The summed E-state index contributed by atoms with van der Waals surface area (Å²) < 4.78 is 0. The number of imide groups is 1. The van der Waals surface area contributed by atoms with Crippen LogP contribution in [0.4, 0.5) is 0 Å².